The molecule has 1 saturated heterocycles. The first-order valence-corrected chi connectivity index (χ1v) is 9.16. The minimum absolute atomic E-state index is 0.0867. The zero-order chi connectivity index (χ0) is 17.0. The summed E-state index contributed by atoms with van der Waals surface area (Å²) >= 11 is 0. The first kappa shape index (κ1) is 16.3. The lowest BCUT2D eigenvalue weighted by molar-refractivity contribution is -0.122. The fourth-order valence-electron chi connectivity index (χ4n) is 3.42. The van der Waals surface area contributed by atoms with E-state index in [0.717, 1.165) is 5.56 Å². The second kappa shape index (κ2) is 5.21. The summed E-state index contributed by atoms with van der Waals surface area (Å²) in [4.78, 5) is 11.6. The Kier molecular flexibility index (Phi) is 3.68. The van der Waals surface area contributed by atoms with E-state index in [1.54, 1.807) is 12.1 Å². The molecule has 3 rings (SSSR count). The molecular weight excluding hydrogens is 316 g/mol. The summed E-state index contributed by atoms with van der Waals surface area (Å²) in [5.41, 5.74) is 5.86. The highest BCUT2D eigenvalue weighted by Crippen LogP contribution is 2.41. The van der Waals surface area contributed by atoms with E-state index in [0.29, 0.717) is 18.7 Å². The molecule has 0 saturated carbocycles. The zero-order valence-electron chi connectivity index (χ0n) is 13.6. The van der Waals surface area contributed by atoms with Crippen LogP contribution in [0.1, 0.15) is 26.3 Å². The third kappa shape index (κ3) is 2.72. The number of hydrogen-bond acceptors (Lipinski definition) is 4. The quantitative estimate of drug-likeness (QED) is 0.895. The molecule has 1 aromatic rings. The number of nitrogens with zero attached hydrogens (tertiary/aromatic N) is 1. The van der Waals surface area contributed by atoms with Crippen molar-refractivity contribution in [3.8, 4) is 5.75 Å². The van der Waals surface area contributed by atoms with E-state index in [-0.39, 0.29) is 17.4 Å². The van der Waals surface area contributed by atoms with Gasteiger partial charge in [0, 0.05) is 19.5 Å². The van der Waals surface area contributed by atoms with Crippen molar-refractivity contribution in [2.45, 2.75) is 37.7 Å². The molecule has 1 amide bonds. The van der Waals surface area contributed by atoms with Gasteiger partial charge in [0.15, 0.2) is 0 Å². The number of benzene rings is 1. The van der Waals surface area contributed by atoms with Crippen LogP contribution in [-0.4, -0.2) is 37.3 Å². The molecule has 2 N–H and O–H groups in total. The molecule has 0 unspecified atom stereocenters. The molecule has 0 bridgehead atoms. The van der Waals surface area contributed by atoms with Gasteiger partial charge in [0.25, 0.3) is 0 Å². The van der Waals surface area contributed by atoms with Gasteiger partial charge in [-0.2, -0.15) is 4.31 Å². The van der Waals surface area contributed by atoms with Gasteiger partial charge in [0.2, 0.25) is 15.9 Å². The highest BCUT2D eigenvalue weighted by molar-refractivity contribution is 7.89. The Hall–Kier alpha value is -1.60. The van der Waals surface area contributed by atoms with Gasteiger partial charge in [-0.25, -0.2) is 8.42 Å². The van der Waals surface area contributed by atoms with Crippen molar-refractivity contribution in [3.05, 3.63) is 23.8 Å². The number of carbonyl (C=O) groups excluding carboxylic acids is 1. The van der Waals surface area contributed by atoms with E-state index in [1.807, 2.05) is 26.8 Å². The number of ether oxygens (including phenoxy) is 1. The first-order chi connectivity index (χ1) is 10.6. The molecule has 2 aliphatic heterocycles. The number of carbonyl (C=O) groups is 1. The van der Waals surface area contributed by atoms with Crippen LogP contribution in [0.5, 0.6) is 5.75 Å². The van der Waals surface area contributed by atoms with Gasteiger partial charge in [-0.3, -0.25) is 4.79 Å². The fourth-order valence-corrected chi connectivity index (χ4v) is 5.14. The van der Waals surface area contributed by atoms with Gasteiger partial charge in [-0.05, 0) is 31.4 Å². The standard InChI is InChI=1S/C16H22N2O4S/c1-10-8-18(9-12(10)15(17)19)23(20,21)13-6-4-5-11-7-16(2,3)22-14(11)13/h4-6,10,12H,7-9H2,1-3H3,(H2,17,19)/t10-,12-/m1/s1. The second-order valence-corrected chi connectivity index (χ2v) is 9.00. The van der Waals surface area contributed by atoms with Crippen molar-refractivity contribution < 1.29 is 17.9 Å². The Morgan fingerprint density at radius 1 is 1.35 bits per heavy atom. The van der Waals surface area contributed by atoms with E-state index >= 15 is 0 Å². The number of para-hydroxylation sites is 1. The molecule has 1 aromatic carbocycles. The average Bonchev–Trinajstić information content (AvgIpc) is 2.96. The number of hydrogen-bond donors (Lipinski definition) is 1. The average molecular weight is 338 g/mol. The van der Waals surface area contributed by atoms with Gasteiger partial charge in [0.05, 0.1) is 5.92 Å². The Morgan fingerprint density at radius 2 is 2.04 bits per heavy atom. The highest BCUT2D eigenvalue weighted by Gasteiger charge is 2.42. The van der Waals surface area contributed by atoms with Crippen LogP contribution in [0.2, 0.25) is 0 Å². The van der Waals surface area contributed by atoms with Gasteiger partial charge < -0.3 is 10.5 Å². The molecule has 0 aliphatic carbocycles. The largest absolute Gasteiger partial charge is 0.486 e. The number of sulfonamides is 1. The number of rotatable bonds is 3. The number of nitrogens with two attached hydrogens (primary N) is 1. The van der Waals surface area contributed by atoms with Crippen LogP contribution in [-0.2, 0) is 21.2 Å². The van der Waals surface area contributed by atoms with Crippen molar-refractivity contribution in [1.29, 1.82) is 0 Å². The minimum atomic E-state index is -3.71. The van der Waals surface area contributed by atoms with Gasteiger partial charge in [-0.15, -0.1) is 0 Å². The van der Waals surface area contributed by atoms with Crippen molar-refractivity contribution >= 4 is 15.9 Å². The fraction of sp³-hybridized carbons (Fsp3) is 0.562. The Morgan fingerprint density at radius 3 is 2.65 bits per heavy atom. The van der Waals surface area contributed by atoms with Crippen molar-refractivity contribution in [1.82, 2.24) is 4.31 Å². The normalized spacial score (nSPS) is 26.7. The number of fused-ring (bicyclic) bond motifs is 1. The molecule has 2 atom stereocenters. The highest BCUT2D eigenvalue weighted by atomic mass is 32.2. The van der Waals surface area contributed by atoms with Crippen LogP contribution < -0.4 is 10.5 Å². The summed E-state index contributed by atoms with van der Waals surface area (Å²) in [6, 6.07) is 5.20. The maximum atomic E-state index is 13.0. The summed E-state index contributed by atoms with van der Waals surface area (Å²) in [5.74, 6) is -0.547. The van der Waals surface area contributed by atoms with E-state index in [9.17, 15) is 13.2 Å². The topological polar surface area (TPSA) is 89.7 Å². The number of amides is 1. The summed E-state index contributed by atoms with van der Waals surface area (Å²) in [7, 11) is -3.71. The van der Waals surface area contributed by atoms with Crippen LogP contribution >= 0.6 is 0 Å². The molecule has 23 heavy (non-hydrogen) atoms. The third-order valence-electron chi connectivity index (χ3n) is 4.62. The molecule has 6 nitrogen and oxygen atoms in total. The Bertz CT molecular complexity index is 757. The van der Waals surface area contributed by atoms with Crippen molar-refractivity contribution in [3.63, 3.8) is 0 Å². The maximum absolute atomic E-state index is 13.0. The Labute approximate surface area is 136 Å². The van der Waals surface area contributed by atoms with E-state index in [1.165, 1.54) is 4.31 Å². The van der Waals surface area contributed by atoms with Crippen LogP contribution in [0.25, 0.3) is 0 Å². The summed E-state index contributed by atoms with van der Waals surface area (Å²) in [5, 5.41) is 0. The SMILES string of the molecule is C[C@@H]1CN(S(=O)(=O)c2cccc3c2OC(C)(C)C3)C[C@H]1C(N)=O. The van der Waals surface area contributed by atoms with Crippen LogP contribution in [0, 0.1) is 11.8 Å². The molecule has 2 aliphatic rings. The molecule has 0 radical (unpaired) electrons. The first-order valence-electron chi connectivity index (χ1n) is 7.72. The second-order valence-electron chi connectivity index (χ2n) is 7.09. The maximum Gasteiger partial charge on any atom is 0.246 e. The van der Waals surface area contributed by atoms with Gasteiger partial charge >= 0.3 is 0 Å². The van der Waals surface area contributed by atoms with Gasteiger partial charge in [-0.1, -0.05) is 19.1 Å². The smallest absolute Gasteiger partial charge is 0.246 e. The summed E-state index contributed by atoms with van der Waals surface area (Å²) in [6.07, 6.45) is 0.673. The van der Waals surface area contributed by atoms with Crippen molar-refractivity contribution in [2.24, 2.45) is 17.6 Å². The lowest BCUT2D eigenvalue weighted by atomic mass is 9.98. The predicted molar refractivity (Wildman–Crippen MR) is 85.5 cm³/mol. The summed E-state index contributed by atoms with van der Waals surface area (Å²) < 4.78 is 33.2. The molecule has 0 spiro atoms. The molecule has 0 aromatic heterocycles. The van der Waals surface area contributed by atoms with Crippen LogP contribution in [0.3, 0.4) is 0 Å². The molecule has 7 heteroatoms. The van der Waals surface area contributed by atoms with Crippen molar-refractivity contribution in [2.75, 3.05) is 13.1 Å². The predicted octanol–water partition coefficient (Wildman–Crippen LogP) is 1.14. The minimum Gasteiger partial charge on any atom is -0.486 e. The molecule has 126 valence electrons. The lowest BCUT2D eigenvalue weighted by Gasteiger charge is -2.20. The summed E-state index contributed by atoms with van der Waals surface area (Å²) in [6.45, 7) is 6.14. The number of primary amides is 1. The Balaban J connectivity index is 1.97. The molecule has 2 heterocycles. The van der Waals surface area contributed by atoms with Crippen LogP contribution in [0.15, 0.2) is 23.1 Å². The lowest BCUT2D eigenvalue weighted by Crippen LogP contribution is -2.32. The van der Waals surface area contributed by atoms with Crippen LogP contribution in [0.4, 0.5) is 0 Å². The molecular formula is C16H22N2O4S. The third-order valence-corrected chi connectivity index (χ3v) is 6.47. The van der Waals surface area contributed by atoms with E-state index < -0.39 is 27.4 Å². The van der Waals surface area contributed by atoms with E-state index in [2.05, 4.69) is 0 Å². The van der Waals surface area contributed by atoms with E-state index in [4.69, 9.17) is 10.5 Å². The molecule has 1 fully saturated rings. The van der Waals surface area contributed by atoms with Gasteiger partial charge in [0.1, 0.15) is 16.2 Å². The monoisotopic (exact) mass is 338 g/mol. The zero-order valence-corrected chi connectivity index (χ0v) is 14.4.